The van der Waals surface area contributed by atoms with Crippen molar-refractivity contribution in [2.75, 3.05) is 0 Å². The standard InChI is InChI=1S/C20H33NO2/c1-4-6-8-17(13-15(3)7-5-2)20(23)19(21)14-16-9-11-18(22)12-10-16/h9-12,15,17,19,22H,4-8,13-14,21H2,1-3H3/t15-,17?,19-/m0/s1. The van der Waals surface area contributed by atoms with Crippen molar-refractivity contribution in [3.05, 3.63) is 29.8 Å². The van der Waals surface area contributed by atoms with Gasteiger partial charge in [0.15, 0.2) is 5.78 Å². The van der Waals surface area contributed by atoms with Crippen LogP contribution in [0.1, 0.15) is 64.9 Å². The molecule has 3 atom stereocenters. The van der Waals surface area contributed by atoms with Crippen LogP contribution < -0.4 is 5.73 Å². The van der Waals surface area contributed by atoms with Gasteiger partial charge in [0.25, 0.3) is 0 Å². The third-order valence-electron chi connectivity index (χ3n) is 4.53. The molecule has 0 spiro atoms. The Hall–Kier alpha value is -1.35. The maximum atomic E-state index is 12.8. The van der Waals surface area contributed by atoms with E-state index in [1.54, 1.807) is 12.1 Å². The number of unbranched alkanes of at least 4 members (excludes halogenated alkanes) is 1. The van der Waals surface area contributed by atoms with E-state index in [0.717, 1.165) is 37.7 Å². The van der Waals surface area contributed by atoms with Crippen LogP contribution in [0.25, 0.3) is 0 Å². The molecule has 23 heavy (non-hydrogen) atoms. The van der Waals surface area contributed by atoms with Crippen LogP contribution in [0.2, 0.25) is 0 Å². The molecule has 0 aromatic heterocycles. The molecule has 0 aliphatic carbocycles. The summed E-state index contributed by atoms with van der Waals surface area (Å²) in [6, 6.07) is 6.51. The Morgan fingerprint density at radius 2 is 1.78 bits per heavy atom. The Morgan fingerprint density at radius 1 is 1.13 bits per heavy atom. The molecule has 0 saturated heterocycles. The molecule has 0 bridgehead atoms. The SMILES string of the molecule is CCCCC(C[C@@H](C)CCC)C(=O)[C@@H](N)Cc1ccc(O)cc1. The van der Waals surface area contributed by atoms with Crippen LogP contribution in [-0.4, -0.2) is 16.9 Å². The number of ketones is 1. The molecule has 1 rings (SSSR count). The largest absolute Gasteiger partial charge is 0.508 e. The van der Waals surface area contributed by atoms with Crippen molar-refractivity contribution in [3.8, 4) is 5.75 Å². The fraction of sp³-hybridized carbons (Fsp3) is 0.650. The number of Topliss-reactive ketones (excluding diaryl/α,β-unsaturated/α-hetero) is 1. The molecular weight excluding hydrogens is 286 g/mol. The van der Waals surface area contributed by atoms with E-state index in [1.165, 1.54) is 6.42 Å². The Labute approximate surface area is 141 Å². The van der Waals surface area contributed by atoms with Gasteiger partial charge in [0.2, 0.25) is 0 Å². The van der Waals surface area contributed by atoms with Gasteiger partial charge in [-0.25, -0.2) is 0 Å². The first-order chi connectivity index (χ1) is 11.0. The molecule has 3 nitrogen and oxygen atoms in total. The van der Waals surface area contributed by atoms with Gasteiger partial charge in [0.1, 0.15) is 5.75 Å². The molecule has 1 unspecified atom stereocenters. The summed E-state index contributed by atoms with van der Waals surface area (Å²) < 4.78 is 0. The summed E-state index contributed by atoms with van der Waals surface area (Å²) in [6.07, 6.45) is 6.98. The van der Waals surface area contributed by atoms with E-state index >= 15 is 0 Å². The second-order valence-electron chi connectivity index (χ2n) is 6.85. The number of hydrogen-bond acceptors (Lipinski definition) is 3. The molecule has 1 aromatic rings. The zero-order valence-corrected chi connectivity index (χ0v) is 14.9. The smallest absolute Gasteiger partial charge is 0.152 e. The van der Waals surface area contributed by atoms with Crippen molar-refractivity contribution in [3.63, 3.8) is 0 Å². The minimum Gasteiger partial charge on any atom is -0.508 e. The summed E-state index contributed by atoms with van der Waals surface area (Å²) in [6.45, 7) is 6.59. The van der Waals surface area contributed by atoms with Gasteiger partial charge < -0.3 is 10.8 Å². The highest BCUT2D eigenvalue weighted by atomic mass is 16.3. The third kappa shape index (κ3) is 7.17. The average Bonchev–Trinajstić information content (AvgIpc) is 2.53. The minimum absolute atomic E-state index is 0.0867. The first-order valence-electron chi connectivity index (χ1n) is 9.05. The number of carbonyl (C=O) groups is 1. The van der Waals surface area contributed by atoms with Crippen LogP contribution in [0, 0.1) is 11.8 Å². The number of carbonyl (C=O) groups excluding carboxylic acids is 1. The van der Waals surface area contributed by atoms with Crippen LogP contribution in [0.5, 0.6) is 5.75 Å². The molecule has 1 aromatic carbocycles. The normalized spacial score (nSPS) is 15.1. The van der Waals surface area contributed by atoms with Crippen molar-refractivity contribution < 1.29 is 9.90 Å². The highest BCUT2D eigenvalue weighted by Gasteiger charge is 2.25. The minimum atomic E-state index is -0.449. The lowest BCUT2D eigenvalue weighted by molar-refractivity contribution is -0.125. The summed E-state index contributed by atoms with van der Waals surface area (Å²) in [5.41, 5.74) is 7.20. The van der Waals surface area contributed by atoms with Crippen molar-refractivity contribution in [1.82, 2.24) is 0 Å². The Bertz CT molecular complexity index is 455. The van der Waals surface area contributed by atoms with E-state index in [-0.39, 0.29) is 17.5 Å². The Morgan fingerprint density at radius 3 is 2.35 bits per heavy atom. The lowest BCUT2D eigenvalue weighted by atomic mass is 9.83. The van der Waals surface area contributed by atoms with Gasteiger partial charge in [-0.2, -0.15) is 0 Å². The molecule has 0 aliphatic rings. The summed E-state index contributed by atoms with van der Waals surface area (Å²) in [5, 5.41) is 9.34. The number of phenols is 1. The summed E-state index contributed by atoms with van der Waals surface area (Å²) >= 11 is 0. The lowest BCUT2D eigenvalue weighted by Gasteiger charge is -2.23. The molecule has 3 N–H and O–H groups in total. The number of phenolic OH excluding ortho intramolecular Hbond substituents is 1. The van der Waals surface area contributed by atoms with E-state index in [0.29, 0.717) is 12.3 Å². The predicted molar refractivity (Wildman–Crippen MR) is 96.5 cm³/mol. The second kappa shape index (κ2) is 10.4. The van der Waals surface area contributed by atoms with Crippen LogP contribution in [0.3, 0.4) is 0 Å². The zero-order valence-electron chi connectivity index (χ0n) is 14.9. The van der Waals surface area contributed by atoms with Gasteiger partial charge in [-0.15, -0.1) is 0 Å². The number of aromatic hydroxyl groups is 1. The Balaban J connectivity index is 2.67. The third-order valence-corrected chi connectivity index (χ3v) is 4.53. The van der Waals surface area contributed by atoms with E-state index in [9.17, 15) is 9.90 Å². The average molecular weight is 319 g/mol. The van der Waals surface area contributed by atoms with Crippen LogP contribution in [0.4, 0.5) is 0 Å². The maximum Gasteiger partial charge on any atom is 0.152 e. The highest BCUT2D eigenvalue weighted by molar-refractivity contribution is 5.86. The van der Waals surface area contributed by atoms with Gasteiger partial charge in [0, 0.05) is 5.92 Å². The first-order valence-corrected chi connectivity index (χ1v) is 9.05. The fourth-order valence-electron chi connectivity index (χ4n) is 3.21. The van der Waals surface area contributed by atoms with Crippen LogP contribution >= 0.6 is 0 Å². The Kier molecular flexibility index (Phi) is 8.93. The lowest BCUT2D eigenvalue weighted by Crippen LogP contribution is -2.38. The molecule has 0 saturated carbocycles. The molecule has 130 valence electrons. The maximum absolute atomic E-state index is 12.8. The van der Waals surface area contributed by atoms with Crippen molar-refractivity contribution in [1.29, 1.82) is 0 Å². The molecule has 0 aliphatic heterocycles. The quantitative estimate of drug-likeness (QED) is 0.633. The monoisotopic (exact) mass is 319 g/mol. The molecule has 0 radical (unpaired) electrons. The van der Waals surface area contributed by atoms with Crippen molar-refractivity contribution in [2.24, 2.45) is 17.6 Å². The van der Waals surface area contributed by atoms with Gasteiger partial charge in [-0.3, -0.25) is 4.79 Å². The number of benzene rings is 1. The number of nitrogens with two attached hydrogens (primary N) is 1. The molecule has 0 fully saturated rings. The molecule has 0 heterocycles. The molecular formula is C20H33NO2. The van der Waals surface area contributed by atoms with Crippen molar-refractivity contribution >= 4 is 5.78 Å². The molecule has 3 heteroatoms. The number of hydrogen-bond donors (Lipinski definition) is 2. The van der Waals surface area contributed by atoms with E-state index in [2.05, 4.69) is 20.8 Å². The fourth-order valence-corrected chi connectivity index (χ4v) is 3.21. The second-order valence-corrected chi connectivity index (χ2v) is 6.85. The molecule has 0 amide bonds. The van der Waals surface area contributed by atoms with Crippen LogP contribution in [0.15, 0.2) is 24.3 Å². The van der Waals surface area contributed by atoms with E-state index in [4.69, 9.17) is 5.73 Å². The van der Waals surface area contributed by atoms with Crippen molar-refractivity contribution in [2.45, 2.75) is 71.8 Å². The summed E-state index contributed by atoms with van der Waals surface area (Å²) in [7, 11) is 0. The zero-order chi connectivity index (χ0) is 17.2. The van der Waals surface area contributed by atoms with E-state index < -0.39 is 6.04 Å². The first kappa shape index (κ1) is 19.7. The predicted octanol–water partition coefficient (Wildman–Crippen LogP) is 4.46. The van der Waals surface area contributed by atoms with Gasteiger partial charge in [0.05, 0.1) is 6.04 Å². The summed E-state index contributed by atoms with van der Waals surface area (Å²) in [4.78, 5) is 12.8. The van der Waals surface area contributed by atoms with Gasteiger partial charge >= 0.3 is 0 Å². The highest BCUT2D eigenvalue weighted by Crippen LogP contribution is 2.24. The van der Waals surface area contributed by atoms with Gasteiger partial charge in [-0.1, -0.05) is 58.6 Å². The number of rotatable bonds is 11. The van der Waals surface area contributed by atoms with Gasteiger partial charge in [-0.05, 0) is 42.9 Å². The summed E-state index contributed by atoms with van der Waals surface area (Å²) in [5.74, 6) is 1.10. The van der Waals surface area contributed by atoms with E-state index in [1.807, 2.05) is 12.1 Å². The van der Waals surface area contributed by atoms with Crippen LogP contribution in [-0.2, 0) is 11.2 Å². The topological polar surface area (TPSA) is 63.3 Å².